The highest BCUT2D eigenvalue weighted by molar-refractivity contribution is 8.00. The molecular formula is C10H13ClN2OS. The van der Waals surface area contributed by atoms with Gasteiger partial charge >= 0.3 is 0 Å². The quantitative estimate of drug-likeness (QED) is 0.794. The summed E-state index contributed by atoms with van der Waals surface area (Å²) in [6.07, 6.45) is 2.19. The Labute approximate surface area is 98.0 Å². The second-order valence-corrected chi connectivity index (χ2v) is 5.81. The van der Waals surface area contributed by atoms with Crippen LogP contribution in [0.25, 0.3) is 0 Å². The van der Waals surface area contributed by atoms with Crippen LogP contribution in [0.1, 0.15) is 18.9 Å². The van der Waals surface area contributed by atoms with Gasteiger partial charge in [-0.2, -0.15) is 11.8 Å². The first kappa shape index (κ1) is 11.0. The van der Waals surface area contributed by atoms with Crippen molar-refractivity contribution in [3.63, 3.8) is 0 Å². The Hall–Kier alpha value is -0.450. The normalized spacial score (nSPS) is 30.7. The van der Waals surface area contributed by atoms with Crippen LogP contribution in [0.4, 0.5) is 5.82 Å². The van der Waals surface area contributed by atoms with Crippen molar-refractivity contribution in [3.05, 3.63) is 22.8 Å². The number of anilines is 1. The molecular weight excluding hydrogens is 232 g/mol. The standard InChI is InChI=1S/C10H13ClN2OS/c1-6-3-10(14,5-15-6)8-2-7(11)4-13-9(8)12/h2,4,6,14H,3,5H2,1H3,(H2,12,13). The van der Waals surface area contributed by atoms with Gasteiger partial charge in [-0.25, -0.2) is 4.98 Å². The molecule has 1 aromatic heterocycles. The van der Waals surface area contributed by atoms with Gasteiger partial charge in [0.15, 0.2) is 0 Å². The summed E-state index contributed by atoms with van der Waals surface area (Å²) in [5, 5.41) is 11.4. The summed E-state index contributed by atoms with van der Waals surface area (Å²) in [5.41, 5.74) is 5.55. The number of thioether (sulfide) groups is 1. The average molecular weight is 245 g/mol. The maximum absolute atomic E-state index is 10.4. The average Bonchev–Trinajstić information content (AvgIpc) is 2.52. The molecule has 1 aliphatic heterocycles. The molecule has 1 aliphatic rings. The van der Waals surface area contributed by atoms with Crippen molar-refractivity contribution in [2.24, 2.45) is 0 Å². The third-order valence-corrected chi connectivity index (χ3v) is 4.20. The minimum absolute atomic E-state index is 0.372. The topological polar surface area (TPSA) is 59.1 Å². The molecule has 0 amide bonds. The highest BCUT2D eigenvalue weighted by Crippen LogP contribution is 2.43. The summed E-state index contributed by atoms with van der Waals surface area (Å²) >= 11 is 7.59. The van der Waals surface area contributed by atoms with E-state index in [-0.39, 0.29) is 0 Å². The molecule has 2 atom stereocenters. The molecule has 0 aromatic carbocycles. The van der Waals surface area contributed by atoms with Crippen molar-refractivity contribution < 1.29 is 5.11 Å². The Morgan fingerprint density at radius 3 is 3.07 bits per heavy atom. The second-order valence-electron chi connectivity index (χ2n) is 3.94. The molecule has 2 rings (SSSR count). The van der Waals surface area contributed by atoms with Crippen molar-refractivity contribution >= 4 is 29.2 Å². The third kappa shape index (κ3) is 2.07. The molecule has 2 heterocycles. The lowest BCUT2D eigenvalue weighted by Gasteiger charge is -2.23. The van der Waals surface area contributed by atoms with Crippen molar-refractivity contribution in [1.82, 2.24) is 4.98 Å². The van der Waals surface area contributed by atoms with Crippen LogP contribution in [0.5, 0.6) is 0 Å². The molecule has 2 unspecified atom stereocenters. The zero-order chi connectivity index (χ0) is 11.1. The predicted octanol–water partition coefficient (Wildman–Crippen LogP) is 2.03. The number of aromatic nitrogens is 1. The van der Waals surface area contributed by atoms with Crippen LogP contribution < -0.4 is 5.73 Å². The number of rotatable bonds is 1. The van der Waals surface area contributed by atoms with Crippen LogP contribution in [0.15, 0.2) is 12.3 Å². The van der Waals surface area contributed by atoms with Crippen LogP contribution in [0.2, 0.25) is 5.02 Å². The van der Waals surface area contributed by atoms with E-state index in [1.807, 2.05) is 0 Å². The highest BCUT2D eigenvalue weighted by Gasteiger charge is 2.39. The molecule has 5 heteroatoms. The maximum Gasteiger partial charge on any atom is 0.129 e. The van der Waals surface area contributed by atoms with E-state index in [2.05, 4.69) is 11.9 Å². The zero-order valence-electron chi connectivity index (χ0n) is 8.40. The fraction of sp³-hybridized carbons (Fsp3) is 0.500. The number of halogens is 1. The van der Waals surface area contributed by atoms with Gasteiger partial charge in [0.1, 0.15) is 11.4 Å². The van der Waals surface area contributed by atoms with E-state index >= 15 is 0 Å². The van der Waals surface area contributed by atoms with Crippen molar-refractivity contribution in [3.8, 4) is 0 Å². The Balaban J connectivity index is 2.40. The van der Waals surface area contributed by atoms with Gasteiger partial charge in [-0.15, -0.1) is 0 Å². The summed E-state index contributed by atoms with van der Waals surface area (Å²) in [6.45, 7) is 2.09. The number of pyridine rings is 1. The van der Waals surface area contributed by atoms with E-state index in [0.29, 0.717) is 33.8 Å². The summed E-state index contributed by atoms with van der Waals surface area (Å²) in [4.78, 5) is 3.97. The molecule has 0 aliphatic carbocycles. The first-order chi connectivity index (χ1) is 7.01. The molecule has 0 radical (unpaired) electrons. The van der Waals surface area contributed by atoms with E-state index in [0.717, 1.165) is 0 Å². The van der Waals surface area contributed by atoms with Crippen molar-refractivity contribution in [2.75, 3.05) is 11.5 Å². The van der Waals surface area contributed by atoms with Gasteiger partial charge in [-0.05, 0) is 12.5 Å². The SMILES string of the molecule is CC1CC(O)(c2cc(Cl)cnc2N)CS1. The fourth-order valence-corrected chi connectivity index (χ4v) is 3.27. The summed E-state index contributed by atoms with van der Waals surface area (Å²) in [7, 11) is 0. The summed E-state index contributed by atoms with van der Waals surface area (Å²) in [6, 6.07) is 1.71. The molecule has 0 saturated carbocycles. The van der Waals surface area contributed by atoms with Gasteiger partial charge in [0.05, 0.1) is 5.02 Å². The minimum atomic E-state index is -0.869. The number of nitrogens with zero attached hydrogens (tertiary/aromatic N) is 1. The number of nitrogen functional groups attached to an aromatic ring is 1. The Kier molecular flexibility index (Phi) is 2.83. The highest BCUT2D eigenvalue weighted by atomic mass is 35.5. The van der Waals surface area contributed by atoms with Crippen LogP contribution >= 0.6 is 23.4 Å². The largest absolute Gasteiger partial charge is 0.384 e. The van der Waals surface area contributed by atoms with Crippen LogP contribution in [-0.2, 0) is 5.60 Å². The van der Waals surface area contributed by atoms with Crippen LogP contribution in [-0.4, -0.2) is 21.1 Å². The first-order valence-corrected chi connectivity index (χ1v) is 6.19. The fourth-order valence-electron chi connectivity index (χ4n) is 1.88. The molecule has 0 bridgehead atoms. The van der Waals surface area contributed by atoms with E-state index in [4.69, 9.17) is 17.3 Å². The van der Waals surface area contributed by atoms with Gasteiger partial charge in [-0.1, -0.05) is 18.5 Å². The Bertz CT molecular complexity index is 388. The molecule has 3 N–H and O–H groups in total. The zero-order valence-corrected chi connectivity index (χ0v) is 9.98. The Morgan fingerprint density at radius 2 is 2.47 bits per heavy atom. The van der Waals surface area contributed by atoms with E-state index in [9.17, 15) is 5.11 Å². The lowest BCUT2D eigenvalue weighted by Crippen LogP contribution is -2.27. The maximum atomic E-state index is 10.4. The van der Waals surface area contributed by atoms with E-state index in [1.165, 1.54) is 6.20 Å². The smallest absolute Gasteiger partial charge is 0.129 e. The number of hydrogen-bond donors (Lipinski definition) is 2. The van der Waals surface area contributed by atoms with Crippen molar-refractivity contribution in [1.29, 1.82) is 0 Å². The van der Waals surface area contributed by atoms with Crippen LogP contribution in [0.3, 0.4) is 0 Å². The van der Waals surface area contributed by atoms with Gasteiger partial charge in [0, 0.05) is 22.8 Å². The molecule has 82 valence electrons. The molecule has 3 nitrogen and oxygen atoms in total. The van der Waals surface area contributed by atoms with Gasteiger partial charge in [0.25, 0.3) is 0 Å². The minimum Gasteiger partial charge on any atom is -0.384 e. The van der Waals surface area contributed by atoms with Crippen molar-refractivity contribution in [2.45, 2.75) is 24.2 Å². The number of nitrogens with two attached hydrogens (primary N) is 1. The molecule has 1 fully saturated rings. The summed E-state index contributed by atoms with van der Waals surface area (Å²) in [5.74, 6) is 1.03. The Morgan fingerprint density at radius 1 is 1.73 bits per heavy atom. The number of aliphatic hydroxyl groups is 1. The monoisotopic (exact) mass is 244 g/mol. The molecule has 0 spiro atoms. The molecule has 1 aromatic rings. The summed E-state index contributed by atoms with van der Waals surface area (Å²) < 4.78 is 0. The molecule has 1 saturated heterocycles. The lowest BCUT2D eigenvalue weighted by atomic mass is 9.92. The second kappa shape index (κ2) is 3.85. The van der Waals surface area contributed by atoms with Gasteiger partial charge in [-0.3, -0.25) is 0 Å². The van der Waals surface area contributed by atoms with E-state index in [1.54, 1.807) is 17.8 Å². The third-order valence-electron chi connectivity index (χ3n) is 2.62. The lowest BCUT2D eigenvalue weighted by molar-refractivity contribution is 0.0617. The molecule has 15 heavy (non-hydrogen) atoms. The van der Waals surface area contributed by atoms with Crippen LogP contribution in [0, 0.1) is 0 Å². The number of hydrogen-bond acceptors (Lipinski definition) is 4. The van der Waals surface area contributed by atoms with Gasteiger partial charge in [0.2, 0.25) is 0 Å². The van der Waals surface area contributed by atoms with Gasteiger partial charge < -0.3 is 10.8 Å². The van der Waals surface area contributed by atoms with E-state index < -0.39 is 5.60 Å². The predicted molar refractivity (Wildman–Crippen MR) is 64.1 cm³/mol. The first-order valence-electron chi connectivity index (χ1n) is 4.77.